The first-order valence-electron chi connectivity index (χ1n) is 6.65. The summed E-state index contributed by atoms with van der Waals surface area (Å²) in [4.78, 5) is 22.3. The van der Waals surface area contributed by atoms with Crippen LogP contribution in [0.2, 0.25) is 0 Å². The predicted molar refractivity (Wildman–Crippen MR) is 75.2 cm³/mol. The summed E-state index contributed by atoms with van der Waals surface area (Å²) in [5.41, 5.74) is 1.24. The molecule has 1 saturated carbocycles. The molecule has 114 valence electrons. The first kappa shape index (κ1) is 15.2. The van der Waals surface area contributed by atoms with Crippen molar-refractivity contribution in [3.8, 4) is 0 Å². The second-order valence-electron chi connectivity index (χ2n) is 5.29. The van der Waals surface area contributed by atoms with Gasteiger partial charge in [0.15, 0.2) is 5.82 Å². The molecule has 0 heterocycles. The molecule has 1 aromatic rings. The molecule has 21 heavy (non-hydrogen) atoms. The molecule has 0 spiro atoms. The Morgan fingerprint density at radius 2 is 2.19 bits per heavy atom. The minimum Gasteiger partial charge on any atom is -0.351 e. The van der Waals surface area contributed by atoms with Crippen LogP contribution in [0.15, 0.2) is 12.1 Å². The van der Waals surface area contributed by atoms with Crippen molar-refractivity contribution in [1.82, 2.24) is 5.32 Å². The molecule has 1 aliphatic rings. The van der Waals surface area contributed by atoms with Gasteiger partial charge in [0.25, 0.3) is 11.6 Å². The van der Waals surface area contributed by atoms with Crippen LogP contribution in [-0.4, -0.2) is 17.4 Å². The largest absolute Gasteiger partial charge is 0.351 e. The highest BCUT2D eigenvalue weighted by Gasteiger charge is 2.41. The fourth-order valence-corrected chi connectivity index (χ4v) is 2.20. The normalized spacial score (nSPS) is 15.4. The number of nitrogens with zero attached hydrogens (tertiary/aromatic N) is 1. The van der Waals surface area contributed by atoms with Gasteiger partial charge in [-0.05, 0) is 30.7 Å². The molecule has 7 nitrogen and oxygen atoms in total. The quantitative estimate of drug-likeness (QED) is 0.422. The number of halogens is 1. The molecule has 8 heteroatoms. The number of hydrogen-bond acceptors (Lipinski definition) is 5. The van der Waals surface area contributed by atoms with Crippen molar-refractivity contribution >= 4 is 17.3 Å². The van der Waals surface area contributed by atoms with Gasteiger partial charge in [-0.3, -0.25) is 20.8 Å². The van der Waals surface area contributed by atoms with Gasteiger partial charge in [0, 0.05) is 6.54 Å². The molecular weight excluding hydrogens is 279 g/mol. The molecular formula is C13H17FN4O3. The maximum Gasteiger partial charge on any atom is 0.285 e. The molecule has 1 fully saturated rings. The number of hydrogen-bond donors (Lipinski definition) is 3. The lowest BCUT2D eigenvalue weighted by Crippen LogP contribution is -2.30. The lowest BCUT2D eigenvalue weighted by molar-refractivity contribution is -0.385. The maximum absolute atomic E-state index is 13.5. The lowest BCUT2D eigenvalue weighted by atomic mass is 10.0. The van der Waals surface area contributed by atoms with Gasteiger partial charge >= 0.3 is 0 Å². The number of carbonyl (C=O) groups excluding carboxylic acids is 1. The summed E-state index contributed by atoms with van der Waals surface area (Å²) in [5.74, 6) is 3.65. The van der Waals surface area contributed by atoms with Crippen molar-refractivity contribution in [3.05, 3.63) is 33.6 Å². The van der Waals surface area contributed by atoms with Crippen molar-refractivity contribution in [2.45, 2.75) is 26.2 Å². The number of nitro groups is 1. The number of hydrazine groups is 1. The van der Waals surface area contributed by atoms with E-state index in [0.717, 1.165) is 25.3 Å². The van der Waals surface area contributed by atoms with Crippen LogP contribution in [0.1, 0.15) is 36.5 Å². The van der Waals surface area contributed by atoms with Crippen LogP contribution < -0.4 is 16.6 Å². The van der Waals surface area contributed by atoms with E-state index >= 15 is 0 Å². The Morgan fingerprint density at radius 3 is 2.67 bits per heavy atom. The molecule has 1 amide bonds. The minimum atomic E-state index is -0.882. The third-order valence-corrected chi connectivity index (χ3v) is 4.01. The first-order valence-corrected chi connectivity index (χ1v) is 6.65. The summed E-state index contributed by atoms with van der Waals surface area (Å²) in [5, 5.41) is 13.6. The summed E-state index contributed by atoms with van der Waals surface area (Å²) in [6.07, 6.45) is 3.00. The van der Waals surface area contributed by atoms with E-state index in [2.05, 4.69) is 10.7 Å². The Balaban J connectivity index is 2.24. The number of carbonyl (C=O) groups is 1. The van der Waals surface area contributed by atoms with E-state index in [4.69, 9.17) is 5.84 Å². The SMILES string of the molecule is CCC1(CNC(=O)c2cc(NN)c(F)cc2[N+](=O)[O-])CC1. The highest BCUT2D eigenvalue weighted by atomic mass is 19.1. The fourth-order valence-electron chi connectivity index (χ4n) is 2.20. The average molecular weight is 296 g/mol. The van der Waals surface area contributed by atoms with E-state index in [1.54, 1.807) is 0 Å². The molecule has 0 aliphatic heterocycles. The maximum atomic E-state index is 13.5. The Kier molecular flexibility index (Phi) is 4.08. The zero-order valence-electron chi connectivity index (χ0n) is 11.6. The highest BCUT2D eigenvalue weighted by Crippen LogP contribution is 2.47. The molecule has 1 aromatic carbocycles. The summed E-state index contributed by atoms with van der Waals surface area (Å²) in [6.45, 7) is 2.50. The summed E-state index contributed by atoms with van der Waals surface area (Å²) >= 11 is 0. The van der Waals surface area contributed by atoms with Gasteiger partial charge in [-0.1, -0.05) is 6.92 Å². The second kappa shape index (κ2) is 5.65. The number of nitrogens with two attached hydrogens (primary N) is 1. The summed E-state index contributed by atoms with van der Waals surface area (Å²) < 4.78 is 13.5. The zero-order chi connectivity index (χ0) is 15.6. The minimum absolute atomic E-state index is 0.111. The predicted octanol–water partition coefficient (Wildman–Crippen LogP) is 1.94. The number of rotatable bonds is 6. The second-order valence-corrected chi connectivity index (χ2v) is 5.29. The van der Waals surface area contributed by atoms with E-state index in [0.29, 0.717) is 12.6 Å². The monoisotopic (exact) mass is 296 g/mol. The number of amides is 1. The van der Waals surface area contributed by atoms with Crippen molar-refractivity contribution < 1.29 is 14.1 Å². The molecule has 0 bridgehead atoms. The third-order valence-electron chi connectivity index (χ3n) is 4.01. The lowest BCUT2D eigenvalue weighted by Gasteiger charge is -2.14. The first-order chi connectivity index (χ1) is 9.92. The van der Waals surface area contributed by atoms with Crippen LogP contribution in [0.5, 0.6) is 0 Å². The number of nitro benzene ring substituents is 1. The Bertz CT molecular complexity index is 587. The van der Waals surface area contributed by atoms with Gasteiger partial charge in [-0.25, -0.2) is 4.39 Å². The summed E-state index contributed by atoms with van der Waals surface area (Å²) in [7, 11) is 0. The van der Waals surface area contributed by atoms with Crippen molar-refractivity contribution in [2.75, 3.05) is 12.0 Å². The van der Waals surface area contributed by atoms with Crippen molar-refractivity contribution in [1.29, 1.82) is 0 Å². The van der Waals surface area contributed by atoms with Crippen molar-refractivity contribution in [3.63, 3.8) is 0 Å². The van der Waals surface area contributed by atoms with E-state index in [-0.39, 0.29) is 16.7 Å². The fraction of sp³-hybridized carbons (Fsp3) is 0.462. The van der Waals surface area contributed by atoms with Crippen LogP contribution in [0.3, 0.4) is 0 Å². The Labute approximate surface area is 120 Å². The number of anilines is 1. The number of nitrogen functional groups attached to an aromatic ring is 1. The van der Waals surface area contributed by atoms with E-state index in [1.165, 1.54) is 0 Å². The van der Waals surface area contributed by atoms with E-state index in [1.807, 2.05) is 6.92 Å². The van der Waals surface area contributed by atoms with E-state index < -0.39 is 22.3 Å². The van der Waals surface area contributed by atoms with E-state index in [9.17, 15) is 19.3 Å². The topological polar surface area (TPSA) is 110 Å². The van der Waals surface area contributed by atoms with Gasteiger partial charge in [0.2, 0.25) is 0 Å². The highest BCUT2D eigenvalue weighted by molar-refractivity contribution is 5.99. The van der Waals surface area contributed by atoms with Crippen molar-refractivity contribution in [2.24, 2.45) is 11.3 Å². The number of benzene rings is 1. The molecule has 0 radical (unpaired) electrons. The van der Waals surface area contributed by atoms with Gasteiger partial charge in [-0.15, -0.1) is 0 Å². The standard InChI is InChI=1S/C13H17FN4O3/c1-2-13(3-4-13)7-16-12(19)8-5-10(17-15)9(14)6-11(8)18(20)21/h5-6,17H,2-4,7,15H2,1H3,(H,16,19). The van der Waals surface area contributed by atoms with Crippen LogP contribution in [0, 0.1) is 21.3 Å². The van der Waals surface area contributed by atoms with Gasteiger partial charge in [-0.2, -0.15) is 0 Å². The van der Waals surface area contributed by atoms with Crippen LogP contribution in [0.4, 0.5) is 15.8 Å². The zero-order valence-corrected chi connectivity index (χ0v) is 11.6. The van der Waals surface area contributed by atoms with Crippen LogP contribution >= 0.6 is 0 Å². The number of nitrogens with one attached hydrogen (secondary N) is 2. The molecule has 0 atom stereocenters. The molecule has 0 unspecified atom stereocenters. The smallest absolute Gasteiger partial charge is 0.285 e. The summed E-state index contributed by atoms with van der Waals surface area (Å²) in [6, 6.07) is 1.74. The van der Waals surface area contributed by atoms with Gasteiger partial charge in [0.05, 0.1) is 16.7 Å². The molecule has 2 rings (SSSR count). The van der Waals surface area contributed by atoms with Gasteiger partial charge < -0.3 is 10.7 Å². The molecule has 0 aromatic heterocycles. The van der Waals surface area contributed by atoms with Crippen LogP contribution in [0.25, 0.3) is 0 Å². The molecule has 4 N–H and O–H groups in total. The Morgan fingerprint density at radius 1 is 1.52 bits per heavy atom. The average Bonchev–Trinajstić information content (AvgIpc) is 3.25. The third kappa shape index (κ3) is 3.10. The molecule has 0 saturated heterocycles. The van der Waals surface area contributed by atoms with Crippen LogP contribution in [-0.2, 0) is 0 Å². The Hall–Kier alpha value is -2.22. The molecule has 1 aliphatic carbocycles. The van der Waals surface area contributed by atoms with Gasteiger partial charge in [0.1, 0.15) is 5.56 Å².